The Hall–Kier alpha value is -5.13. The summed E-state index contributed by atoms with van der Waals surface area (Å²) < 4.78 is 7.41. The molecule has 9 nitrogen and oxygen atoms in total. The van der Waals surface area contributed by atoms with Gasteiger partial charge in [-0.1, -0.05) is 136 Å². The molecule has 1 heterocycles. The van der Waals surface area contributed by atoms with Crippen LogP contribution in [0.15, 0.2) is 126 Å². The molecule has 4 atom stereocenters. The third-order valence-electron chi connectivity index (χ3n) is 12.0. The smallest absolute Gasteiger partial charge is 0.303 e. The van der Waals surface area contributed by atoms with Crippen LogP contribution in [0.25, 0.3) is 11.6 Å². The summed E-state index contributed by atoms with van der Waals surface area (Å²) in [5, 5.41) is 44.7. The normalized spacial score (nSPS) is 19.2. The molecule has 10 heteroatoms. The van der Waals surface area contributed by atoms with Gasteiger partial charge in [-0.2, -0.15) is 0 Å². The van der Waals surface area contributed by atoms with Crippen LogP contribution < -0.4 is 10.4 Å². The summed E-state index contributed by atoms with van der Waals surface area (Å²) in [6.45, 7) is 6.40. The van der Waals surface area contributed by atoms with E-state index in [2.05, 4.69) is 45.0 Å². The molecule has 4 N–H and O–H groups in total. The Morgan fingerprint density at radius 3 is 2.05 bits per heavy atom. The third-order valence-corrected chi connectivity index (χ3v) is 17.0. The number of nitrogens with zero attached hydrogens (tertiary/aromatic N) is 1. The van der Waals surface area contributed by atoms with E-state index in [9.17, 15) is 29.7 Å². The van der Waals surface area contributed by atoms with Crippen LogP contribution in [0.2, 0.25) is 5.04 Å². The first-order valence-corrected chi connectivity index (χ1v) is 22.6. The molecule has 6 rings (SSSR count). The Morgan fingerprint density at radius 1 is 0.847 bits per heavy atom. The van der Waals surface area contributed by atoms with Gasteiger partial charge in [-0.3, -0.25) is 19.3 Å². The SMILES string of the molecule is CC(C)(C)[Si](OCC1=C([C@H](O)CC/C(=C/c2cccc(O)c2)c2ccccc2)[C@H](CO)[C@@H]2C(=O)N(CCCCCC(=O)O)C(=O)[C@@H]2C1)(c1ccccc1)c1ccccc1. The van der Waals surface area contributed by atoms with E-state index in [-0.39, 0.29) is 55.0 Å². The van der Waals surface area contributed by atoms with Crippen molar-refractivity contribution in [3.05, 3.63) is 138 Å². The minimum atomic E-state index is -3.08. The van der Waals surface area contributed by atoms with Crippen molar-refractivity contribution in [3.8, 4) is 5.75 Å². The van der Waals surface area contributed by atoms with Crippen molar-refractivity contribution < 1.29 is 39.2 Å². The molecule has 1 saturated heterocycles. The molecule has 4 aromatic rings. The number of carbonyl (C=O) groups is 3. The Bertz CT molecular complexity index is 2090. The van der Waals surface area contributed by atoms with Crippen molar-refractivity contribution in [2.45, 2.75) is 76.9 Å². The molecule has 0 aromatic heterocycles. The van der Waals surface area contributed by atoms with Crippen molar-refractivity contribution in [1.29, 1.82) is 0 Å². The molecule has 2 amide bonds. The Balaban J connectivity index is 1.39. The second kappa shape index (κ2) is 19.3. The molecule has 0 spiro atoms. The summed E-state index contributed by atoms with van der Waals surface area (Å²) >= 11 is 0. The Kier molecular flexibility index (Phi) is 14.2. The van der Waals surface area contributed by atoms with Gasteiger partial charge in [-0.15, -0.1) is 0 Å². The van der Waals surface area contributed by atoms with Gasteiger partial charge in [0.05, 0.1) is 31.2 Å². The number of imide groups is 1. The number of allylic oxidation sites excluding steroid dienone is 1. The zero-order chi connectivity index (χ0) is 42.2. The van der Waals surface area contributed by atoms with Gasteiger partial charge >= 0.3 is 5.97 Å². The van der Waals surface area contributed by atoms with E-state index < -0.39 is 44.8 Å². The van der Waals surface area contributed by atoms with E-state index in [4.69, 9.17) is 9.53 Å². The van der Waals surface area contributed by atoms with Crippen molar-refractivity contribution in [2.75, 3.05) is 19.8 Å². The number of aromatic hydroxyl groups is 1. The van der Waals surface area contributed by atoms with Gasteiger partial charge in [-0.05, 0) is 87.5 Å². The lowest BCUT2D eigenvalue weighted by Gasteiger charge is -2.44. The lowest BCUT2D eigenvalue weighted by atomic mass is 9.68. The number of hydrogen-bond acceptors (Lipinski definition) is 7. The number of aliphatic carboxylic acids is 1. The maximum Gasteiger partial charge on any atom is 0.303 e. The number of aliphatic hydroxyl groups is 2. The number of hydrogen-bond donors (Lipinski definition) is 4. The number of likely N-dealkylation sites (tertiary alicyclic amines) is 1. The average molecular weight is 816 g/mol. The lowest BCUT2D eigenvalue weighted by molar-refractivity contribution is -0.141. The molecular weight excluding hydrogens is 759 g/mol. The fourth-order valence-electron chi connectivity index (χ4n) is 9.27. The molecule has 0 radical (unpaired) electrons. The molecule has 2 aliphatic rings. The lowest BCUT2D eigenvalue weighted by Crippen LogP contribution is -2.66. The van der Waals surface area contributed by atoms with Crippen LogP contribution in [-0.2, 0) is 18.8 Å². The Morgan fingerprint density at radius 2 is 1.47 bits per heavy atom. The van der Waals surface area contributed by atoms with Gasteiger partial charge in [0, 0.05) is 18.9 Å². The zero-order valence-corrected chi connectivity index (χ0v) is 35.3. The van der Waals surface area contributed by atoms with Gasteiger partial charge in [-0.25, -0.2) is 0 Å². The van der Waals surface area contributed by atoms with Crippen molar-refractivity contribution >= 4 is 48.1 Å². The second-order valence-corrected chi connectivity index (χ2v) is 21.2. The van der Waals surface area contributed by atoms with Crippen LogP contribution in [-0.4, -0.2) is 77.3 Å². The maximum atomic E-state index is 14.2. The number of phenolic OH excluding ortho intramolecular Hbond substituents is 1. The highest BCUT2D eigenvalue weighted by Gasteiger charge is 2.56. The summed E-state index contributed by atoms with van der Waals surface area (Å²) in [5.41, 5.74) is 4.00. The van der Waals surface area contributed by atoms with Gasteiger partial charge in [0.15, 0.2) is 0 Å². The van der Waals surface area contributed by atoms with Crippen molar-refractivity contribution in [1.82, 2.24) is 4.90 Å². The summed E-state index contributed by atoms with van der Waals surface area (Å²) in [6.07, 6.45) is 3.34. The van der Waals surface area contributed by atoms with Crippen molar-refractivity contribution in [3.63, 3.8) is 0 Å². The van der Waals surface area contributed by atoms with Crippen molar-refractivity contribution in [2.24, 2.45) is 17.8 Å². The number of rotatable bonds is 18. The molecule has 0 bridgehead atoms. The molecule has 310 valence electrons. The van der Waals surface area contributed by atoms with Gasteiger partial charge in [0.2, 0.25) is 11.8 Å². The molecule has 0 unspecified atom stereocenters. The van der Waals surface area contributed by atoms with Crippen LogP contribution in [0, 0.1) is 17.8 Å². The van der Waals surface area contributed by atoms with E-state index in [0.29, 0.717) is 31.3 Å². The van der Waals surface area contributed by atoms with E-state index in [1.165, 1.54) is 4.90 Å². The number of fused-ring (bicyclic) bond motifs is 1. The number of aliphatic hydroxyl groups excluding tert-OH is 2. The predicted molar refractivity (Wildman–Crippen MR) is 233 cm³/mol. The summed E-state index contributed by atoms with van der Waals surface area (Å²) in [4.78, 5) is 40.7. The number of phenols is 1. The first-order chi connectivity index (χ1) is 28.4. The summed E-state index contributed by atoms with van der Waals surface area (Å²) in [5.74, 6) is -3.77. The fraction of sp³-hybridized carbons (Fsp3) is 0.367. The van der Waals surface area contributed by atoms with Gasteiger partial charge < -0.3 is 24.9 Å². The fourth-order valence-corrected chi connectivity index (χ4v) is 13.8. The monoisotopic (exact) mass is 815 g/mol. The quantitative estimate of drug-likeness (QED) is 0.0272. The maximum absolute atomic E-state index is 14.2. The standard InChI is InChI=1S/C49H57NO8Si/c1-49(2,3)59(39-21-10-5-11-22-39,40-23-12-6-13-24-40)58-33-37-31-41-46(48(57)50(47(41)56)28-15-7-14-25-44(54)55)42(32-51)45(37)43(53)27-26-36(35-18-8-4-9-19-35)29-34-17-16-20-38(52)30-34/h4-6,8-13,16-24,29-30,41-43,46,51-53H,7,14-15,25-28,31-33H2,1-3H3,(H,54,55)/b36-29-/t41-,42+,43-,46-/m1/s1. The molecule has 0 saturated carbocycles. The highest BCUT2D eigenvalue weighted by molar-refractivity contribution is 6.99. The number of unbranched alkanes of at least 4 members (excludes halogenated alkanes) is 2. The van der Waals surface area contributed by atoms with Crippen LogP contribution >= 0.6 is 0 Å². The zero-order valence-electron chi connectivity index (χ0n) is 34.3. The van der Waals surface area contributed by atoms with Crippen LogP contribution in [0.5, 0.6) is 5.75 Å². The minimum absolute atomic E-state index is 0.0224. The minimum Gasteiger partial charge on any atom is -0.508 e. The van der Waals surface area contributed by atoms with E-state index in [1.807, 2.05) is 78.9 Å². The van der Waals surface area contributed by atoms with E-state index in [0.717, 1.165) is 32.6 Å². The van der Waals surface area contributed by atoms with E-state index >= 15 is 0 Å². The predicted octanol–water partition coefficient (Wildman–Crippen LogP) is 7.21. The Labute approximate surface area is 348 Å². The van der Waals surface area contributed by atoms with Gasteiger partial charge in [0.1, 0.15) is 5.75 Å². The average Bonchev–Trinajstić information content (AvgIpc) is 3.46. The first kappa shape index (κ1) is 43.4. The molecule has 1 aliphatic carbocycles. The van der Waals surface area contributed by atoms with Crippen LogP contribution in [0.1, 0.15) is 76.8 Å². The van der Waals surface area contributed by atoms with Crippen LogP contribution in [0.3, 0.4) is 0 Å². The number of amides is 2. The number of carboxylic acid groups (broad SMARTS) is 1. The molecule has 4 aromatic carbocycles. The number of benzene rings is 4. The summed E-state index contributed by atoms with van der Waals surface area (Å²) in [6, 6.07) is 37.3. The molecule has 1 fully saturated rings. The molecule has 59 heavy (non-hydrogen) atoms. The third kappa shape index (κ3) is 9.68. The molecular formula is C49H57NO8Si. The molecule has 1 aliphatic heterocycles. The van der Waals surface area contributed by atoms with Crippen LogP contribution in [0.4, 0.5) is 0 Å². The highest BCUT2D eigenvalue weighted by atomic mass is 28.4. The largest absolute Gasteiger partial charge is 0.508 e. The number of carboxylic acids is 1. The first-order valence-electron chi connectivity index (χ1n) is 20.7. The number of carbonyl (C=O) groups excluding carboxylic acids is 2. The second-order valence-electron chi connectivity index (χ2n) is 16.9. The summed E-state index contributed by atoms with van der Waals surface area (Å²) in [7, 11) is -3.08. The highest BCUT2D eigenvalue weighted by Crippen LogP contribution is 2.47. The topological polar surface area (TPSA) is 145 Å². The van der Waals surface area contributed by atoms with E-state index in [1.54, 1.807) is 18.2 Å². The van der Waals surface area contributed by atoms with Gasteiger partial charge in [0.25, 0.3) is 8.32 Å².